The Hall–Kier alpha value is -2.40. The molecule has 0 spiro atoms. The van der Waals surface area contributed by atoms with E-state index in [0.717, 1.165) is 10.4 Å². The van der Waals surface area contributed by atoms with E-state index >= 15 is 0 Å². The van der Waals surface area contributed by atoms with Crippen LogP contribution in [0.4, 0.5) is 4.39 Å². The van der Waals surface area contributed by atoms with Crippen LogP contribution in [0, 0.1) is 12.7 Å². The molecule has 0 aliphatic carbocycles. The van der Waals surface area contributed by atoms with E-state index in [-0.39, 0.29) is 17.5 Å². The van der Waals surface area contributed by atoms with Crippen LogP contribution in [-0.2, 0) is 6.54 Å². The molecule has 1 aromatic carbocycles. The molecule has 23 heavy (non-hydrogen) atoms. The van der Waals surface area contributed by atoms with Gasteiger partial charge in [0.15, 0.2) is 5.76 Å². The van der Waals surface area contributed by atoms with Gasteiger partial charge in [-0.1, -0.05) is 0 Å². The molecule has 118 valence electrons. The van der Waals surface area contributed by atoms with Crippen molar-refractivity contribution >= 4 is 17.2 Å². The van der Waals surface area contributed by atoms with Gasteiger partial charge < -0.3 is 9.32 Å². The van der Waals surface area contributed by atoms with E-state index in [0.29, 0.717) is 12.3 Å². The zero-order valence-corrected chi connectivity index (χ0v) is 13.7. The number of aryl methyl sites for hydroxylation is 1. The van der Waals surface area contributed by atoms with Crippen LogP contribution >= 0.6 is 11.3 Å². The first-order valence-corrected chi connectivity index (χ1v) is 8.07. The van der Waals surface area contributed by atoms with Crippen LogP contribution in [-0.4, -0.2) is 17.9 Å². The van der Waals surface area contributed by atoms with Crippen LogP contribution in [0.3, 0.4) is 0 Å². The molecule has 0 bridgehead atoms. The summed E-state index contributed by atoms with van der Waals surface area (Å²) in [4.78, 5) is 15.2. The first-order valence-electron chi connectivity index (χ1n) is 7.19. The lowest BCUT2D eigenvalue weighted by atomic mass is 10.2. The number of nitrogens with zero attached hydrogens (tertiary/aromatic N) is 1. The van der Waals surface area contributed by atoms with Gasteiger partial charge in [0, 0.05) is 17.5 Å². The van der Waals surface area contributed by atoms with Gasteiger partial charge in [0.1, 0.15) is 11.6 Å². The topological polar surface area (TPSA) is 33.5 Å². The molecule has 0 unspecified atom stereocenters. The highest BCUT2D eigenvalue weighted by Crippen LogP contribution is 2.24. The Balaban J connectivity index is 1.75. The number of amides is 1. The summed E-state index contributed by atoms with van der Waals surface area (Å²) in [5.41, 5.74) is 1.92. The maximum absolute atomic E-state index is 13.0. The normalized spacial score (nSPS) is 10.7. The van der Waals surface area contributed by atoms with Gasteiger partial charge in [-0.25, -0.2) is 4.39 Å². The quantitative estimate of drug-likeness (QED) is 0.693. The van der Waals surface area contributed by atoms with Gasteiger partial charge >= 0.3 is 0 Å². The summed E-state index contributed by atoms with van der Waals surface area (Å²) in [7, 11) is 1.75. The second-order valence-electron chi connectivity index (χ2n) is 5.36. The molecule has 0 aliphatic rings. The monoisotopic (exact) mass is 329 g/mol. The van der Waals surface area contributed by atoms with Crippen LogP contribution in [0.5, 0.6) is 0 Å². The number of thiophene rings is 1. The molecule has 0 atom stereocenters. The second-order valence-corrected chi connectivity index (χ2v) is 6.36. The van der Waals surface area contributed by atoms with Gasteiger partial charge in [0.2, 0.25) is 0 Å². The lowest BCUT2D eigenvalue weighted by Gasteiger charge is -2.15. The summed E-state index contributed by atoms with van der Waals surface area (Å²) in [6, 6.07) is 11.4. The lowest BCUT2D eigenvalue weighted by molar-refractivity contribution is 0.0755. The number of hydrogen-bond donors (Lipinski definition) is 0. The van der Waals surface area contributed by atoms with Crippen molar-refractivity contribution in [2.45, 2.75) is 13.5 Å². The Morgan fingerprint density at radius 1 is 1.17 bits per heavy atom. The predicted octanol–water partition coefficient (Wildman–Crippen LogP) is 4.73. The summed E-state index contributed by atoms with van der Waals surface area (Å²) in [6.45, 7) is 2.58. The van der Waals surface area contributed by atoms with Gasteiger partial charge in [-0.15, -0.1) is 11.3 Å². The minimum atomic E-state index is -0.303. The zero-order chi connectivity index (χ0) is 16.4. The Morgan fingerprint density at radius 2 is 1.91 bits per heavy atom. The fourth-order valence-corrected chi connectivity index (χ4v) is 3.22. The molecule has 0 radical (unpaired) electrons. The number of carbonyl (C=O) groups excluding carboxylic acids is 1. The maximum Gasteiger partial charge on any atom is 0.289 e. The summed E-state index contributed by atoms with van der Waals surface area (Å²) in [5.74, 6) is 0.351. The molecule has 0 fully saturated rings. The Morgan fingerprint density at radius 3 is 2.57 bits per heavy atom. The fraction of sp³-hybridized carbons (Fsp3) is 0.167. The van der Waals surface area contributed by atoms with E-state index < -0.39 is 0 Å². The van der Waals surface area contributed by atoms with Crippen LogP contribution < -0.4 is 0 Å². The third-order valence-corrected chi connectivity index (χ3v) is 4.65. The van der Waals surface area contributed by atoms with Crippen LogP contribution in [0.2, 0.25) is 0 Å². The maximum atomic E-state index is 13.0. The van der Waals surface area contributed by atoms with Crippen molar-refractivity contribution in [2.75, 3.05) is 7.05 Å². The highest BCUT2D eigenvalue weighted by Gasteiger charge is 2.18. The SMILES string of the molecule is Cc1ccsc1CN(C)C(=O)c1ccc(-c2ccc(F)cc2)o1. The standard InChI is InChI=1S/C18H16FNO2S/c1-12-9-10-23-17(12)11-20(2)18(21)16-8-7-15(22-16)13-3-5-14(19)6-4-13/h3-10H,11H2,1-2H3. The van der Waals surface area contributed by atoms with Gasteiger partial charge in [-0.05, 0) is 60.3 Å². The van der Waals surface area contributed by atoms with Crippen molar-refractivity contribution in [2.24, 2.45) is 0 Å². The van der Waals surface area contributed by atoms with Crippen molar-refractivity contribution < 1.29 is 13.6 Å². The molecule has 3 rings (SSSR count). The smallest absolute Gasteiger partial charge is 0.289 e. The average Bonchev–Trinajstić information content (AvgIpc) is 3.17. The number of hydrogen-bond acceptors (Lipinski definition) is 3. The highest BCUT2D eigenvalue weighted by molar-refractivity contribution is 7.10. The van der Waals surface area contributed by atoms with E-state index in [4.69, 9.17) is 4.42 Å². The lowest BCUT2D eigenvalue weighted by Crippen LogP contribution is -2.25. The van der Waals surface area contributed by atoms with Crippen LogP contribution in [0.25, 0.3) is 11.3 Å². The van der Waals surface area contributed by atoms with Crippen molar-refractivity contribution in [3.8, 4) is 11.3 Å². The van der Waals surface area contributed by atoms with Gasteiger partial charge in [-0.3, -0.25) is 4.79 Å². The molecular weight excluding hydrogens is 313 g/mol. The fourth-order valence-electron chi connectivity index (χ4n) is 2.26. The third kappa shape index (κ3) is 3.35. The van der Waals surface area contributed by atoms with Crippen molar-refractivity contribution in [1.82, 2.24) is 4.90 Å². The van der Waals surface area contributed by atoms with Crippen LogP contribution in [0.1, 0.15) is 21.0 Å². The predicted molar refractivity (Wildman–Crippen MR) is 89.0 cm³/mol. The number of rotatable bonds is 4. The molecule has 3 aromatic rings. The first-order chi connectivity index (χ1) is 11.0. The molecule has 5 heteroatoms. The molecule has 3 nitrogen and oxygen atoms in total. The molecular formula is C18H16FNO2S. The Bertz CT molecular complexity index is 820. The van der Waals surface area contributed by atoms with E-state index in [9.17, 15) is 9.18 Å². The number of carbonyl (C=O) groups is 1. The molecule has 0 saturated carbocycles. The van der Waals surface area contributed by atoms with Crippen molar-refractivity contribution in [3.05, 3.63) is 69.9 Å². The van der Waals surface area contributed by atoms with Gasteiger partial charge in [0.05, 0.1) is 6.54 Å². The Labute approximate surface area is 138 Å². The van der Waals surface area contributed by atoms with Crippen LogP contribution in [0.15, 0.2) is 52.3 Å². The van der Waals surface area contributed by atoms with Gasteiger partial charge in [-0.2, -0.15) is 0 Å². The van der Waals surface area contributed by atoms with E-state index in [1.165, 1.54) is 17.7 Å². The molecule has 0 N–H and O–H groups in total. The van der Waals surface area contributed by atoms with E-state index in [1.54, 1.807) is 47.5 Å². The summed E-state index contributed by atoms with van der Waals surface area (Å²) >= 11 is 1.63. The summed E-state index contributed by atoms with van der Waals surface area (Å²) < 4.78 is 18.6. The molecule has 2 heterocycles. The molecule has 1 amide bonds. The first kappa shape index (κ1) is 15.5. The van der Waals surface area contributed by atoms with E-state index in [1.807, 2.05) is 18.4 Å². The Kier molecular flexibility index (Phi) is 4.30. The number of halogens is 1. The van der Waals surface area contributed by atoms with Gasteiger partial charge in [0.25, 0.3) is 5.91 Å². The van der Waals surface area contributed by atoms with Crippen molar-refractivity contribution in [1.29, 1.82) is 0 Å². The summed E-state index contributed by atoms with van der Waals surface area (Å²) in [6.07, 6.45) is 0. The highest BCUT2D eigenvalue weighted by atomic mass is 32.1. The number of furan rings is 1. The average molecular weight is 329 g/mol. The second kappa shape index (κ2) is 6.38. The molecule has 2 aromatic heterocycles. The minimum absolute atomic E-state index is 0.175. The third-order valence-electron chi connectivity index (χ3n) is 3.64. The zero-order valence-electron chi connectivity index (χ0n) is 12.9. The minimum Gasteiger partial charge on any atom is -0.451 e. The summed E-state index contributed by atoms with van der Waals surface area (Å²) in [5, 5.41) is 2.02. The molecule has 0 saturated heterocycles. The molecule has 0 aliphatic heterocycles. The number of benzene rings is 1. The largest absolute Gasteiger partial charge is 0.451 e. The van der Waals surface area contributed by atoms with Crippen molar-refractivity contribution in [3.63, 3.8) is 0 Å². The van der Waals surface area contributed by atoms with E-state index in [2.05, 4.69) is 0 Å².